The van der Waals surface area contributed by atoms with E-state index < -0.39 is 6.10 Å². The molecule has 2 aromatic rings. The number of ether oxygens (including phenoxy) is 1. The molecule has 1 atom stereocenters. The topological polar surface area (TPSA) is 42.6 Å². The molecule has 0 radical (unpaired) electrons. The molecule has 1 heterocycles. The van der Waals surface area contributed by atoms with E-state index in [-0.39, 0.29) is 0 Å². The highest BCUT2D eigenvalue weighted by Crippen LogP contribution is 2.31. The fraction of sp³-hybridized carbons (Fsp3) is 0.231. The van der Waals surface area contributed by atoms with Crippen molar-refractivity contribution < 1.29 is 14.3 Å². The van der Waals surface area contributed by atoms with Crippen LogP contribution in [0.15, 0.2) is 39.2 Å². The van der Waals surface area contributed by atoms with Gasteiger partial charge in [-0.3, -0.25) is 0 Å². The summed E-state index contributed by atoms with van der Waals surface area (Å²) in [6.45, 7) is 1.85. The number of benzene rings is 1. The molecular formula is C13H13BrO3. The van der Waals surface area contributed by atoms with Gasteiger partial charge >= 0.3 is 0 Å². The van der Waals surface area contributed by atoms with Gasteiger partial charge < -0.3 is 14.3 Å². The number of furan rings is 1. The lowest BCUT2D eigenvalue weighted by atomic mass is 10.1. The molecule has 0 saturated heterocycles. The van der Waals surface area contributed by atoms with Crippen molar-refractivity contribution in [3.05, 3.63) is 51.9 Å². The van der Waals surface area contributed by atoms with E-state index in [4.69, 9.17) is 9.15 Å². The molecule has 0 fully saturated rings. The van der Waals surface area contributed by atoms with Crippen LogP contribution in [-0.2, 0) is 0 Å². The summed E-state index contributed by atoms with van der Waals surface area (Å²) in [6.07, 6.45) is -0.774. The zero-order valence-electron chi connectivity index (χ0n) is 9.61. The van der Waals surface area contributed by atoms with E-state index in [0.717, 1.165) is 21.5 Å². The molecule has 4 heteroatoms. The Labute approximate surface area is 108 Å². The molecule has 0 aliphatic heterocycles. The van der Waals surface area contributed by atoms with Gasteiger partial charge in [-0.05, 0) is 31.2 Å². The Morgan fingerprint density at radius 3 is 2.59 bits per heavy atom. The van der Waals surface area contributed by atoms with Crippen LogP contribution in [0.25, 0.3) is 0 Å². The molecular weight excluding hydrogens is 284 g/mol. The number of aryl methyl sites for hydroxylation is 1. The molecule has 0 aliphatic rings. The van der Waals surface area contributed by atoms with Crippen LogP contribution >= 0.6 is 15.9 Å². The maximum Gasteiger partial charge on any atom is 0.138 e. The first kappa shape index (κ1) is 12.2. The highest BCUT2D eigenvalue weighted by Gasteiger charge is 2.17. The van der Waals surface area contributed by atoms with E-state index >= 15 is 0 Å². The molecule has 17 heavy (non-hydrogen) atoms. The Hall–Kier alpha value is -1.26. The Bertz CT molecular complexity index is 519. The van der Waals surface area contributed by atoms with Crippen LogP contribution < -0.4 is 4.74 Å². The van der Waals surface area contributed by atoms with Crippen molar-refractivity contribution in [2.75, 3.05) is 7.11 Å². The highest BCUT2D eigenvalue weighted by atomic mass is 79.9. The number of aliphatic hydroxyl groups excluding tert-OH is 1. The first-order valence-corrected chi connectivity index (χ1v) is 5.99. The maximum absolute atomic E-state index is 10.2. The van der Waals surface area contributed by atoms with Crippen molar-refractivity contribution in [3.8, 4) is 5.75 Å². The van der Waals surface area contributed by atoms with Gasteiger partial charge in [0.25, 0.3) is 0 Å². The molecule has 1 aromatic heterocycles. The van der Waals surface area contributed by atoms with E-state index in [1.54, 1.807) is 19.2 Å². The molecule has 0 amide bonds. The van der Waals surface area contributed by atoms with Crippen LogP contribution in [0.3, 0.4) is 0 Å². The second-order valence-corrected chi connectivity index (χ2v) is 4.59. The quantitative estimate of drug-likeness (QED) is 0.943. The fourth-order valence-electron chi connectivity index (χ4n) is 1.61. The Morgan fingerprint density at radius 1 is 1.29 bits per heavy atom. The van der Waals surface area contributed by atoms with Crippen LogP contribution in [0.4, 0.5) is 0 Å². The number of methoxy groups -OCH3 is 1. The van der Waals surface area contributed by atoms with Gasteiger partial charge in [0.05, 0.1) is 7.11 Å². The molecule has 1 aromatic carbocycles. The van der Waals surface area contributed by atoms with Crippen LogP contribution in [0.1, 0.15) is 23.2 Å². The van der Waals surface area contributed by atoms with Gasteiger partial charge in [-0.2, -0.15) is 0 Å². The monoisotopic (exact) mass is 296 g/mol. The summed E-state index contributed by atoms with van der Waals surface area (Å²) in [6, 6.07) is 9.03. The lowest BCUT2D eigenvalue weighted by Crippen LogP contribution is -1.99. The number of rotatable bonds is 3. The zero-order chi connectivity index (χ0) is 12.4. The van der Waals surface area contributed by atoms with E-state index in [1.165, 1.54) is 0 Å². The standard InChI is InChI=1S/C13H13BrO3/c1-8-3-6-12(17-8)13(15)10-5-4-9(16-2)7-11(10)14/h3-7,13,15H,1-2H3. The molecule has 0 bridgehead atoms. The van der Waals surface area contributed by atoms with Crippen LogP contribution in [0.5, 0.6) is 5.75 Å². The number of hydrogen-bond acceptors (Lipinski definition) is 3. The SMILES string of the molecule is COc1ccc(C(O)c2ccc(C)o2)c(Br)c1. The number of hydrogen-bond donors (Lipinski definition) is 1. The first-order chi connectivity index (χ1) is 8.11. The lowest BCUT2D eigenvalue weighted by Gasteiger charge is -2.11. The van der Waals surface area contributed by atoms with Gasteiger partial charge in [-0.25, -0.2) is 0 Å². The Morgan fingerprint density at radius 2 is 2.06 bits per heavy atom. The predicted molar refractivity (Wildman–Crippen MR) is 68.2 cm³/mol. The molecule has 0 spiro atoms. The molecule has 1 N–H and O–H groups in total. The smallest absolute Gasteiger partial charge is 0.138 e. The molecule has 2 rings (SSSR count). The maximum atomic E-state index is 10.2. The summed E-state index contributed by atoms with van der Waals surface area (Å²) >= 11 is 3.41. The molecule has 1 unspecified atom stereocenters. The largest absolute Gasteiger partial charge is 0.497 e. The number of aliphatic hydroxyl groups is 1. The van der Waals surface area contributed by atoms with Gasteiger partial charge in [-0.15, -0.1) is 0 Å². The van der Waals surface area contributed by atoms with Crippen LogP contribution in [0.2, 0.25) is 0 Å². The van der Waals surface area contributed by atoms with Crippen LogP contribution in [0, 0.1) is 6.92 Å². The molecule has 90 valence electrons. The summed E-state index contributed by atoms with van der Waals surface area (Å²) in [5.41, 5.74) is 0.750. The predicted octanol–water partition coefficient (Wildman–Crippen LogP) is 3.44. The molecule has 0 saturated carbocycles. The summed E-state index contributed by atoms with van der Waals surface area (Å²) in [5, 5.41) is 10.2. The molecule has 3 nitrogen and oxygen atoms in total. The Balaban J connectivity index is 2.34. The normalized spacial score (nSPS) is 12.5. The third-order valence-electron chi connectivity index (χ3n) is 2.53. The Kier molecular flexibility index (Phi) is 3.54. The van der Waals surface area contributed by atoms with E-state index in [0.29, 0.717) is 5.76 Å². The van der Waals surface area contributed by atoms with Gasteiger partial charge in [0.2, 0.25) is 0 Å². The minimum Gasteiger partial charge on any atom is -0.497 e. The summed E-state index contributed by atoms with van der Waals surface area (Å²) < 4.78 is 11.3. The fourth-order valence-corrected chi connectivity index (χ4v) is 2.18. The minimum atomic E-state index is -0.774. The lowest BCUT2D eigenvalue weighted by molar-refractivity contribution is 0.187. The second-order valence-electron chi connectivity index (χ2n) is 3.74. The summed E-state index contributed by atoms with van der Waals surface area (Å²) in [5.74, 6) is 2.06. The first-order valence-electron chi connectivity index (χ1n) is 5.19. The van der Waals surface area contributed by atoms with Crippen molar-refractivity contribution in [1.82, 2.24) is 0 Å². The van der Waals surface area contributed by atoms with Crippen molar-refractivity contribution in [2.24, 2.45) is 0 Å². The third-order valence-corrected chi connectivity index (χ3v) is 3.22. The minimum absolute atomic E-state index is 0.536. The van der Waals surface area contributed by atoms with Gasteiger partial charge in [0, 0.05) is 10.0 Å². The number of halogens is 1. The average Bonchev–Trinajstić information content (AvgIpc) is 2.75. The van der Waals surface area contributed by atoms with E-state index in [9.17, 15) is 5.11 Å². The van der Waals surface area contributed by atoms with Crippen molar-refractivity contribution in [3.63, 3.8) is 0 Å². The van der Waals surface area contributed by atoms with E-state index in [2.05, 4.69) is 15.9 Å². The third kappa shape index (κ3) is 2.53. The summed E-state index contributed by atoms with van der Waals surface area (Å²) in [7, 11) is 1.60. The summed E-state index contributed by atoms with van der Waals surface area (Å²) in [4.78, 5) is 0. The van der Waals surface area contributed by atoms with Gasteiger partial charge in [-0.1, -0.05) is 22.0 Å². The van der Waals surface area contributed by atoms with Gasteiger partial charge in [0.15, 0.2) is 0 Å². The zero-order valence-corrected chi connectivity index (χ0v) is 11.2. The van der Waals surface area contributed by atoms with Crippen molar-refractivity contribution in [1.29, 1.82) is 0 Å². The highest BCUT2D eigenvalue weighted by molar-refractivity contribution is 9.10. The van der Waals surface area contributed by atoms with E-state index in [1.807, 2.05) is 25.1 Å². The second kappa shape index (κ2) is 4.94. The van der Waals surface area contributed by atoms with Crippen molar-refractivity contribution >= 4 is 15.9 Å². The van der Waals surface area contributed by atoms with Crippen molar-refractivity contribution in [2.45, 2.75) is 13.0 Å². The van der Waals surface area contributed by atoms with Gasteiger partial charge in [0.1, 0.15) is 23.4 Å². The molecule has 0 aliphatic carbocycles. The average molecular weight is 297 g/mol. The van der Waals surface area contributed by atoms with Crippen LogP contribution in [-0.4, -0.2) is 12.2 Å².